The summed E-state index contributed by atoms with van der Waals surface area (Å²) < 4.78 is 34.2. The van der Waals surface area contributed by atoms with Crippen molar-refractivity contribution in [1.29, 1.82) is 0 Å². The molecular formula is C34H30ClF2N7O4. The van der Waals surface area contributed by atoms with Crippen molar-refractivity contribution in [3.8, 4) is 28.3 Å². The van der Waals surface area contributed by atoms with E-state index in [-0.39, 0.29) is 34.3 Å². The minimum Gasteiger partial charge on any atom is -0.481 e. The first kappa shape index (κ1) is 31.6. The summed E-state index contributed by atoms with van der Waals surface area (Å²) in [5, 5.41) is 17.2. The zero-order valence-corrected chi connectivity index (χ0v) is 26.9. The number of nitrogens with zero attached hydrogens (tertiary/aromatic N) is 6. The quantitative estimate of drug-likeness (QED) is 0.196. The lowest BCUT2D eigenvalue weighted by Crippen LogP contribution is -2.26. The van der Waals surface area contributed by atoms with Crippen LogP contribution in [0.25, 0.3) is 33.2 Å². The number of rotatable bonds is 9. The van der Waals surface area contributed by atoms with Gasteiger partial charge in [-0.15, -0.1) is 0 Å². The molecule has 2 aliphatic rings. The van der Waals surface area contributed by atoms with Gasteiger partial charge >= 0.3 is 5.97 Å². The summed E-state index contributed by atoms with van der Waals surface area (Å²) in [5.41, 5.74) is 3.59. The molecule has 11 nitrogen and oxygen atoms in total. The summed E-state index contributed by atoms with van der Waals surface area (Å²) in [6, 6.07) is 12.2. The molecule has 1 saturated heterocycles. The molecule has 0 bridgehead atoms. The Kier molecular flexibility index (Phi) is 8.04. The van der Waals surface area contributed by atoms with E-state index in [2.05, 4.69) is 25.3 Å². The number of ether oxygens (including phenoxy) is 1. The van der Waals surface area contributed by atoms with E-state index in [0.29, 0.717) is 58.7 Å². The topological polar surface area (TPSA) is 135 Å². The maximum Gasteiger partial charge on any atom is 0.307 e. The molecule has 2 fully saturated rings. The molecule has 1 aliphatic carbocycles. The van der Waals surface area contributed by atoms with Crippen LogP contribution in [-0.2, 0) is 18.4 Å². The molecule has 1 saturated carbocycles. The molecule has 2 unspecified atom stereocenters. The van der Waals surface area contributed by atoms with Crippen molar-refractivity contribution < 1.29 is 23.4 Å². The zero-order chi connectivity index (χ0) is 33.9. The first-order valence-corrected chi connectivity index (χ1v) is 15.6. The molecule has 2 N–H and O–H groups in total. The maximum absolute atomic E-state index is 13.7. The van der Waals surface area contributed by atoms with Crippen LogP contribution in [0.5, 0.6) is 5.88 Å². The van der Waals surface area contributed by atoms with Crippen molar-refractivity contribution >= 4 is 39.8 Å². The number of benzene rings is 2. The zero-order valence-electron chi connectivity index (χ0n) is 26.1. The van der Waals surface area contributed by atoms with Gasteiger partial charge in [-0.25, -0.2) is 23.4 Å². The monoisotopic (exact) mass is 673 g/mol. The average Bonchev–Trinajstić information content (AvgIpc) is 3.59. The third kappa shape index (κ3) is 5.52. The van der Waals surface area contributed by atoms with Gasteiger partial charge in [-0.1, -0.05) is 41.9 Å². The number of carboxylic acids is 1. The number of methoxy groups -OCH3 is 1. The van der Waals surface area contributed by atoms with Crippen molar-refractivity contribution in [3.05, 3.63) is 87.2 Å². The number of carbonyl (C=O) groups is 1. The van der Waals surface area contributed by atoms with Crippen molar-refractivity contribution in [1.82, 2.24) is 29.6 Å². The summed E-state index contributed by atoms with van der Waals surface area (Å²) in [6.07, 6.45) is 0.160. The molecule has 1 aliphatic heterocycles. The second-order valence-electron chi connectivity index (χ2n) is 12.1. The summed E-state index contributed by atoms with van der Waals surface area (Å²) in [6.45, 7) is 3.76. The fourth-order valence-corrected chi connectivity index (χ4v) is 7.05. The van der Waals surface area contributed by atoms with Gasteiger partial charge in [0.25, 0.3) is 12.0 Å². The van der Waals surface area contributed by atoms with Gasteiger partial charge in [-0.05, 0) is 42.0 Å². The Morgan fingerprint density at radius 1 is 1.10 bits per heavy atom. The Hall–Kier alpha value is -5.01. The molecule has 0 spiro atoms. The second kappa shape index (κ2) is 12.2. The van der Waals surface area contributed by atoms with Gasteiger partial charge < -0.3 is 15.2 Å². The van der Waals surface area contributed by atoms with Gasteiger partial charge in [0.2, 0.25) is 5.88 Å². The number of aryl methyl sites for hydroxylation is 1. The van der Waals surface area contributed by atoms with E-state index in [1.807, 2.05) is 31.2 Å². The molecule has 2 atom stereocenters. The highest BCUT2D eigenvalue weighted by Crippen LogP contribution is 2.52. The Labute approximate surface area is 278 Å². The summed E-state index contributed by atoms with van der Waals surface area (Å²) in [4.78, 5) is 40.0. The van der Waals surface area contributed by atoms with Gasteiger partial charge in [0.1, 0.15) is 17.2 Å². The number of aliphatic carboxylic acids is 1. The molecule has 0 amide bonds. The average molecular weight is 674 g/mol. The van der Waals surface area contributed by atoms with E-state index >= 15 is 0 Å². The van der Waals surface area contributed by atoms with Crippen LogP contribution in [0.2, 0.25) is 5.02 Å². The number of carboxylic acid groups (broad SMARTS) is 1. The highest BCUT2D eigenvalue weighted by molar-refractivity contribution is 6.36. The third-order valence-corrected chi connectivity index (χ3v) is 9.66. The summed E-state index contributed by atoms with van der Waals surface area (Å²) >= 11 is 7.04. The molecule has 2 aromatic carbocycles. The Bertz CT molecular complexity index is 2150. The molecule has 0 radical (unpaired) electrons. The number of nitrogens with one attached hydrogen (secondary N) is 1. The highest BCUT2D eigenvalue weighted by atomic mass is 35.5. The van der Waals surface area contributed by atoms with Gasteiger partial charge in [0.15, 0.2) is 0 Å². The molecule has 48 heavy (non-hydrogen) atoms. The van der Waals surface area contributed by atoms with Gasteiger partial charge in [-0.3, -0.25) is 19.5 Å². The van der Waals surface area contributed by atoms with E-state index in [1.165, 1.54) is 26.4 Å². The fraction of sp³-hybridized carbons (Fsp3) is 0.294. The fourth-order valence-electron chi connectivity index (χ4n) is 6.73. The number of likely N-dealkylation sites (tertiary alicyclic amines) is 1. The van der Waals surface area contributed by atoms with Gasteiger partial charge in [0, 0.05) is 48.9 Å². The lowest BCUT2D eigenvalue weighted by atomic mass is 9.96. The number of hydrogen-bond acceptors (Lipinski definition) is 9. The number of halogens is 3. The number of anilines is 2. The van der Waals surface area contributed by atoms with E-state index < -0.39 is 23.6 Å². The molecular weight excluding hydrogens is 644 g/mol. The van der Waals surface area contributed by atoms with E-state index in [9.17, 15) is 23.5 Å². The Morgan fingerprint density at radius 2 is 1.81 bits per heavy atom. The second-order valence-corrected chi connectivity index (χ2v) is 12.5. The summed E-state index contributed by atoms with van der Waals surface area (Å²) in [5.74, 6) is -0.241. The van der Waals surface area contributed by atoms with Crippen LogP contribution in [0, 0.1) is 24.7 Å². The number of pyridine rings is 1. The number of aromatic nitrogens is 5. The normalized spacial score (nSPS) is 18.7. The number of fused-ring (bicyclic) bond motifs is 2. The van der Waals surface area contributed by atoms with Crippen molar-refractivity contribution in [2.75, 3.05) is 25.5 Å². The van der Waals surface area contributed by atoms with E-state index in [4.69, 9.17) is 21.3 Å². The lowest BCUT2D eigenvalue weighted by molar-refractivity contribution is -0.139. The molecule has 246 valence electrons. The first-order valence-electron chi connectivity index (χ1n) is 15.2. The minimum absolute atomic E-state index is 0.000944. The molecule has 3 aromatic heterocycles. The Balaban J connectivity index is 1.19. The van der Waals surface area contributed by atoms with Gasteiger partial charge in [0.05, 0.1) is 41.5 Å². The maximum atomic E-state index is 13.7. The lowest BCUT2D eigenvalue weighted by Gasteiger charge is -2.19. The molecule has 7 rings (SSSR count). The molecule has 14 heteroatoms. The largest absolute Gasteiger partial charge is 0.481 e. The number of piperidine rings is 1. The molecule has 5 aromatic rings. The van der Waals surface area contributed by atoms with Gasteiger partial charge in [-0.2, -0.15) is 5.10 Å². The van der Waals surface area contributed by atoms with Crippen molar-refractivity contribution in [2.24, 2.45) is 24.8 Å². The van der Waals surface area contributed by atoms with Crippen molar-refractivity contribution in [2.45, 2.75) is 19.9 Å². The Morgan fingerprint density at radius 3 is 2.52 bits per heavy atom. The number of alkyl halides is 2. The van der Waals surface area contributed by atoms with E-state index in [1.54, 1.807) is 18.3 Å². The van der Waals surface area contributed by atoms with Crippen LogP contribution in [0.15, 0.2) is 59.7 Å². The molecule has 4 heterocycles. The predicted molar refractivity (Wildman–Crippen MR) is 176 cm³/mol. The highest BCUT2D eigenvalue weighted by Gasteiger charge is 2.59. The van der Waals surface area contributed by atoms with Crippen LogP contribution in [-0.4, -0.2) is 60.9 Å². The predicted octanol–water partition coefficient (Wildman–Crippen LogP) is 5.87. The first-order chi connectivity index (χ1) is 23.0. The standard InChI is InChI=1S/C34H30ClF2N7O4/c1-16-18(6-5-9-23(16)40-31-27-17(10-24(41-31)30(36)37)11-39-43(2)33(27)45)19-7-4-8-20(29(19)35)25-12-38-26(32(42-25)48-3)15-44-13-21-22(14-44)28(21)34(46)47/h4-12,21-22,28,30H,13-15H2,1-3H3,(H,40,41)(H,46,47). The SMILES string of the molecule is COc1nc(-c2cccc(-c3cccc(Nc4nc(C(F)F)cc5cnn(C)c(=O)c45)c3C)c2Cl)cnc1CN1CC2C(C1)C2C(=O)O. The van der Waals surface area contributed by atoms with Crippen LogP contribution in [0.1, 0.15) is 23.4 Å². The summed E-state index contributed by atoms with van der Waals surface area (Å²) in [7, 11) is 3.01. The van der Waals surface area contributed by atoms with Crippen LogP contribution >= 0.6 is 11.6 Å². The van der Waals surface area contributed by atoms with Crippen LogP contribution in [0.4, 0.5) is 20.3 Å². The van der Waals surface area contributed by atoms with Crippen LogP contribution in [0.3, 0.4) is 0 Å². The number of hydrogen-bond donors (Lipinski definition) is 2. The smallest absolute Gasteiger partial charge is 0.307 e. The van der Waals surface area contributed by atoms with Crippen molar-refractivity contribution in [3.63, 3.8) is 0 Å². The third-order valence-electron chi connectivity index (χ3n) is 9.26. The van der Waals surface area contributed by atoms with Crippen LogP contribution < -0.4 is 15.6 Å². The minimum atomic E-state index is -2.85. The van der Waals surface area contributed by atoms with E-state index in [0.717, 1.165) is 15.8 Å².